The number of halogens is 2. The van der Waals surface area contributed by atoms with Crippen LogP contribution in [0.15, 0.2) is 0 Å². The Labute approximate surface area is 95.6 Å². The number of rotatable bonds is 0. The first-order valence-corrected chi connectivity index (χ1v) is 8.05. The van der Waals surface area contributed by atoms with Crippen LogP contribution in [-0.4, -0.2) is 29.1 Å². The molecule has 0 unspecified atom stereocenters. The molecule has 0 aromatic rings. The molecule has 0 aromatic carbocycles. The van der Waals surface area contributed by atoms with Gasteiger partial charge in [0.1, 0.15) is 0 Å². The van der Waals surface area contributed by atoms with E-state index in [2.05, 4.69) is 31.9 Å². The molecule has 0 radical (unpaired) electrons. The number of hydrogen-bond acceptors (Lipinski definition) is 2. The fourth-order valence-corrected chi connectivity index (χ4v) is 6.19. The summed E-state index contributed by atoms with van der Waals surface area (Å²) in [6.07, 6.45) is 2.65. The van der Waals surface area contributed by atoms with Crippen molar-refractivity contribution < 1.29 is 8.42 Å². The van der Waals surface area contributed by atoms with E-state index >= 15 is 0 Å². The van der Waals surface area contributed by atoms with E-state index in [1.807, 2.05) is 0 Å². The minimum atomic E-state index is -2.75. The van der Waals surface area contributed by atoms with Crippen molar-refractivity contribution in [3.8, 4) is 0 Å². The van der Waals surface area contributed by atoms with Gasteiger partial charge in [-0.05, 0) is 25.2 Å². The van der Waals surface area contributed by atoms with Crippen LogP contribution in [0.1, 0.15) is 19.3 Å². The third-order valence-corrected chi connectivity index (χ3v) is 8.18. The Morgan fingerprint density at radius 1 is 1.08 bits per heavy atom. The van der Waals surface area contributed by atoms with Crippen LogP contribution < -0.4 is 0 Å². The van der Waals surface area contributed by atoms with Gasteiger partial charge in [-0.25, -0.2) is 8.42 Å². The highest BCUT2D eigenvalue weighted by molar-refractivity contribution is 9.12. The van der Waals surface area contributed by atoms with Crippen LogP contribution in [0.5, 0.6) is 0 Å². The summed E-state index contributed by atoms with van der Waals surface area (Å²) in [6.45, 7) is 0. The van der Waals surface area contributed by atoms with Gasteiger partial charge in [-0.3, -0.25) is 0 Å². The Bertz CT molecular complexity index is 301. The molecule has 1 saturated carbocycles. The van der Waals surface area contributed by atoms with Crippen molar-refractivity contribution in [2.45, 2.75) is 34.2 Å². The maximum atomic E-state index is 11.6. The van der Waals surface area contributed by atoms with Crippen LogP contribution in [0.4, 0.5) is 0 Å². The van der Waals surface area contributed by atoms with Crippen molar-refractivity contribution in [2.75, 3.05) is 5.75 Å². The second-order valence-electron chi connectivity index (χ2n) is 3.96. The summed E-state index contributed by atoms with van der Waals surface area (Å²) < 4.78 is 23.2. The van der Waals surface area contributed by atoms with Crippen LogP contribution in [0.3, 0.4) is 0 Å². The summed E-state index contributed by atoms with van der Waals surface area (Å²) in [4.78, 5) is 0.767. The predicted molar refractivity (Wildman–Crippen MR) is 60.3 cm³/mol. The molecule has 0 amide bonds. The van der Waals surface area contributed by atoms with E-state index in [0.29, 0.717) is 21.3 Å². The number of hydrogen-bond donors (Lipinski definition) is 0. The van der Waals surface area contributed by atoms with Gasteiger partial charge >= 0.3 is 0 Å². The summed E-state index contributed by atoms with van der Waals surface area (Å²) in [5, 5.41) is -0.0642. The van der Waals surface area contributed by atoms with Gasteiger partial charge in [0.2, 0.25) is 0 Å². The second kappa shape index (κ2) is 3.49. The molecule has 2 fully saturated rings. The van der Waals surface area contributed by atoms with E-state index in [1.165, 1.54) is 0 Å². The molecule has 5 heteroatoms. The average molecular weight is 332 g/mol. The van der Waals surface area contributed by atoms with Gasteiger partial charge in [0.15, 0.2) is 9.84 Å². The standard InChI is InChI=1S/C8H12Br2O2S/c9-6-3-5-1-2-13(11,12)8(5)4-7(6)10/h5-8H,1-4H2/t5-,6+,7-,8-/m0/s1. The Hall–Kier alpha value is 0.910. The van der Waals surface area contributed by atoms with Crippen LogP contribution >= 0.6 is 31.9 Å². The van der Waals surface area contributed by atoms with Crippen LogP contribution in [-0.2, 0) is 9.84 Å². The molecular formula is C8H12Br2O2S. The van der Waals surface area contributed by atoms with Crippen molar-refractivity contribution in [3.63, 3.8) is 0 Å². The maximum absolute atomic E-state index is 11.6. The Balaban J connectivity index is 2.21. The maximum Gasteiger partial charge on any atom is 0.153 e. The normalized spacial score (nSPS) is 48.8. The van der Waals surface area contributed by atoms with Gasteiger partial charge in [0, 0.05) is 9.65 Å². The van der Waals surface area contributed by atoms with E-state index in [1.54, 1.807) is 0 Å². The van der Waals surface area contributed by atoms with Gasteiger partial charge in [0.05, 0.1) is 11.0 Å². The summed E-state index contributed by atoms with van der Waals surface area (Å²) in [5.41, 5.74) is 0. The van der Waals surface area contributed by atoms with Gasteiger partial charge in [-0.15, -0.1) is 0 Å². The SMILES string of the molecule is O=S1(=O)CC[C@H]2C[C@@H](Br)[C@@H](Br)C[C@@H]21. The highest BCUT2D eigenvalue weighted by atomic mass is 79.9. The Morgan fingerprint density at radius 2 is 1.69 bits per heavy atom. The van der Waals surface area contributed by atoms with E-state index < -0.39 is 9.84 Å². The molecular weight excluding hydrogens is 320 g/mol. The lowest BCUT2D eigenvalue weighted by Gasteiger charge is -2.31. The smallest absolute Gasteiger partial charge is 0.153 e. The lowest BCUT2D eigenvalue weighted by atomic mass is 9.87. The van der Waals surface area contributed by atoms with Crippen LogP contribution in [0.25, 0.3) is 0 Å². The Morgan fingerprint density at radius 3 is 2.38 bits per heavy atom. The molecule has 0 aromatic heterocycles. The molecule has 2 nitrogen and oxygen atoms in total. The van der Waals surface area contributed by atoms with E-state index in [9.17, 15) is 8.42 Å². The first-order valence-electron chi connectivity index (χ1n) is 4.50. The highest BCUT2D eigenvalue weighted by Crippen LogP contribution is 2.42. The fraction of sp³-hybridized carbons (Fsp3) is 1.00. The van der Waals surface area contributed by atoms with Crippen molar-refractivity contribution in [1.82, 2.24) is 0 Å². The molecule has 0 N–H and O–H groups in total. The average Bonchev–Trinajstić information content (AvgIpc) is 2.31. The van der Waals surface area contributed by atoms with Crippen molar-refractivity contribution >= 4 is 41.7 Å². The third-order valence-electron chi connectivity index (χ3n) is 3.14. The molecule has 1 heterocycles. The zero-order valence-corrected chi connectivity index (χ0v) is 11.1. The molecule has 1 saturated heterocycles. The Kier molecular flexibility index (Phi) is 2.80. The zero-order valence-electron chi connectivity index (χ0n) is 7.12. The minimum absolute atomic E-state index is 0.0642. The van der Waals surface area contributed by atoms with Crippen molar-refractivity contribution in [1.29, 1.82) is 0 Å². The van der Waals surface area contributed by atoms with Gasteiger partial charge in [-0.1, -0.05) is 31.9 Å². The van der Waals surface area contributed by atoms with E-state index in [4.69, 9.17) is 0 Å². The summed E-state index contributed by atoms with van der Waals surface area (Å²) in [5.74, 6) is 0.810. The molecule has 0 spiro atoms. The third kappa shape index (κ3) is 1.84. The summed E-state index contributed by atoms with van der Waals surface area (Å²) >= 11 is 7.12. The predicted octanol–water partition coefficient (Wildman–Crippen LogP) is 2.11. The largest absolute Gasteiger partial charge is 0.229 e. The summed E-state index contributed by atoms with van der Waals surface area (Å²) in [7, 11) is -2.75. The van der Waals surface area contributed by atoms with Crippen molar-refractivity contribution in [3.05, 3.63) is 0 Å². The molecule has 2 aliphatic rings. The lowest BCUT2D eigenvalue weighted by Crippen LogP contribution is -2.36. The van der Waals surface area contributed by atoms with Crippen LogP contribution in [0.2, 0.25) is 0 Å². The van der Waals surface area contributed by atoms with Crippen LogP contribution in [0, 0.1) is 5.92 Å². The monoisotopic (exact) mass is 330 g/mol. The number of sulfone groups is 1. The second-order valence-corrected chi connectivity index (χ2v) is 8.65. The van der Waals surface area contributed by atoms with Gasteiger partial charge in [-0.2, -0.15) is 0 Å². The molecule has 2 rings (SSSR count). The quantitative estimate of drug-likeness (QED) is 0.637. The minimum Gasteiger partial charge on any atom is -0.229 e. The highest BCUT2D eigenvalue weighted by Gasteiger charge is 2.45. The molecule has 76 valence electrons. The van der Waals surface area contributed by atoms with Gasteiger partial charge < -0.3 is 0 Å². The molecule has 1 aliphatic heterocycles. The molecule has 1 aliphatic carbocycles. The topological polar surface area (TPSA) is 34.1 Å². The van der Waals surface area contributed by atoms with Gasteiger partial charge in [0.25, 0.3) is 0 Å². The fourth-order valence-electron chi connectivity index (χ4n) is 2.36. The van der Waals surface area contributed by atoms with Crippen molar-refractivity contribution in [2.24, 2.45) is 5.92 Å². The van der Waals surface area contributed by atoms with E-state index in [-0.39, 0.29) is 5.25 Å². The van der Waals surface area contributed by atoms with E-state index in [0.717, 1.165) is 19.3 Å². The molecule has 0 bridgehead atoms. The zero-order chi connectivity index (χ0) is 9.64. The first-order chi connectivity index (χ1) is 6.00. The molecule has 4 atom stereocenters. The first kappa shape index (κ1) is 10.4. The number of alkyl halides is 2. The molecule has 13 heavy (non-hydrogen) atoms. The number of fused-ring (bicyclic) bond motifs is 1. The lowest BCUT2D eigenvalue weighted by molar-refractivity contribution is 0.392. The summed E-state index contributed by atoms with van der Waals surface area (Å²) in [6, 6.07) is 0.